The lowest BCUT2D eigenvalue weighted by molar-refractivity contribution is 0.0689. The smallest absolute Gasteiger partial charge is 0.265 e. The normalized spacial score (nSPS) is 16.2. The number of halogens is 2. The van der Waals surface area contributed by atoms with E-state index in [1.807, 2.05) is 18.2 Å². The van der Waals surface area contributed by atoms with Crippen molar-refractivity contribution in [2.75, 3.05) is 6.54 Å². The van der Waals surface area contributed by atoms with Crippen LogP contribution in [0.2, 0.25) is 0 Å². The molecular formula is C22H17F2N7O. The monoisotopic (exact) mass is 433 g/mol. The summed E-state index contributed by atoms with van der Waals surface area (Å²) in [5, 5.41) is 8.83. The van der Waals surface area contributed by atoms with E-state index in [4.69, 9.17) is 0 Å². The molecule has 0 fully saturated rings. The first-order valence-electron chi connectivity index (χ1n) is 10.1. The van der Waals surface area contributed by atoms with Crippen molar-refractivity contribution in [2.45, 2.75) is 18.9 Å². The van der Waals surface area contributed by atoms with Crippen LogP contribution in [0.15, 0.2) is 61.3 Å². The number of aromatic amines is 1. The molecule has 10 heteroatoms. The maximum absolute atomic E-state index is 13.7. The number of hydrogen-bond donors (Lipinski definition) is 1. The highest BCUT2D eigenvalue weighted by Crippen LogP contribution is 2.36. The molecule has 0 unspecified atom stereocenters. The van der Waals surface area contributed by atoms with Crippen molar-refractivity contribution >= 4 is 16.9 Å². The first-order valence-corrected chi connectivity index (χ1v) is 10.1. The van der Waals surface area contributed by atoms with E-state index in [9.17, 15) is 13.6 Å². The van der Waals surface area contributed by atoms with Crippen molar-refractivity contribution in [1.82, 2.24) is 34.1 Å². The summed E-state index contributed by atoms with van der Waals surface area (Å²) in [6.45, 7) is 0.429. The average Bonchev–Trinajstić information content (AvgIpc) is 3.54. The Hall–Kier alpha value is -4.08. The number of amides is 1. The Balaban J connectivity index is 1.50. The molecule has 5 aromatic heterocycles. The van der Waals surface area contributed by atoms with Crippen LogP contribution >= 0.6 is 0 Å². The van der Waals surface area contributed by atoms with Gasteiger partial charge in [0.1, 0.15) is 6.04 Å². The zero-order valence-electron chi connectivity index (χ0n) is 16.7. The van der Waals surface area contributed by atoms with Gasteiger partial charge in [-0.1, -0.05) is 6.07 Å². The molecular weight excluding hydrogens is 416 g/mol. The molecule has 0 radical (unpaired) electrons. The maximum Gasteiger partial charge on any atom is 0.265 e. The lowest BCUT2D eigenvalue weighted by Crippen LogP contribution is -2.41. The van der Waals surface area contributed by atoms with Gasteiger partial charge in [-0.3, -0.25) is 4.79 Å². The molecule has 1 amide bonds. The second-order valence-corrected chi connectivity index (χ2v) is 7.67. The number of aromatic nitrogens is 6. The molecule has 5 aromatic rings. The highest BCUT2D eigenvalue weighted by atomic mass is 19.3. The van der Waals surface area contributed by atoms with E-state index in [1.165, 1.54) is 16.6 Å². The fraction of sp³-hybridized carbons (Fsp3) is 0.182. The maximum atomic E-state index is 13.7. The number of nitrogens with one attached hydrogen (secondary N) is 1. The summed E-state index contributed by atoms with van der Waals surface area (Å²) in [7, 11) is 0. The zero-order chi connectivity index (χ0) is 21.8. The second kappa shape index (κ2) is 6.98. The summed E-state index contributed by atoms with van der Waals surface area (Å²) < 4.78 is 30.2. The molecule has 0 spiro atoms. The minimum Gasteiger partial charge on any atom is -0.348 e. The SMILES string of the molecule is O=C(c1cnn2ccccc12)N1CCc2[nH]cnc2[C@@H]1c1cc2c(C(F)F)cccn2n1. The summed E-state index contributed by atoms with van der Waals surface area (Å²) >= 11 is 0. The number of imidazole rings is 1. The third-order valence-electron chi connectivity index (χ3n) is 5.91. The zero-order valence-corrected chi connectivity index (χ0v) is 16.7. The minimum absolute atomic E-state index is 0.107. The molecule has 1 aliphatic heterocycles. The summed E-state index contributed by atoms with van der Waals surface area (Å²) in [5.74, 6) is -0.212. The van der Waals surface area contributed by atoms with Crippen LogP contribution in [0.25, 0.3) is 11.0 Å². The fourth-order valence-corrected chi connectivity index (χ4v) is 4.42. The Kier molecular flexibility index (Phi) is 4.07. The predicted octanol–water partition coefficient (Wildman–Crippen LogP) is 3.43. The van der Waals surface area contributed by atoms with Crippen LogP contribution in [0.3, 0.4) is 0 Å². The lowest BCUT2D eigenvalue weighted by Gasteiger charge is -2.33. The first kappa shape index (κ1) is 18.7. The summed E-state index contributed by atoms with van der Waals surface area (Å²) in [5.41, 5.74) is 3.42. The molecule has 160 valence electrons. The highest BCUT2D eigenvalue weighted by molar-refractivity contribution is 6.01. The molecule has 6 rings (SSSR count). The van der Waals surface area contributed by atoms with Gasteiger partial charge in [0, 0.05) is 36.6 Å². The molecule has 32 heavy (non-hydrogen) atoms. The van der Waals surface area contributed by atoms with Gasteiger partial charge in [-0.15, -0.1) is 0 Å². The molecule has 0 aliphatic carbocycles. The molecule has 1 aliphatic rings. The van der Waals surface area contributed by atoms with Gasteiger partial charge >= 0.3 is 0 Å². The van der Waals surface area contributed by atoms with E-state index in [1.54, 1.807) is 40.4 Å². The van der Waals surface area contributed by atoms with Crippen LogP contribution in [0, 0.1) is 0 Å². The molecule has 0 saturated carbocycles. The molecule has 6 heterocycles. The Morgan fingerprint density at radius 1 is 1.12 bits per heavy atom. The van der Waals surface area contributed by atoms with Gasteiger partial charge < -0.3 is 9.88 Å². The van der Waals surface area contributed by atoms with Gasteiger partial charge in [0.15, 0.2) is 0 Å². The predicted molar refractivity (Wildman–Crippen MR) is 111 cm³/mol. The summed E-state index contributed by atoms with van der Waals surface area (Å²) in [6, 6.07) is 9.45. The topological polar surface area (TPSA) is 83.6 Å². The Labute approximate surface area is 180 Å². The van der Waals surface area contributed by atoms with Gasteiger partial charge in [0.25, 0.3) is 12.3 Å². The number of nitrogens with zero attached hydrogens (tertiary/aromatic N) is 6. The number of carbonyl (C=O) groups excluding carboxylic acids is 1. The summed E-state index contributed by atoms with van der Waals surface area (Å²) in [4.78, 5) is 22.9. The summed E-state index contributed by atoms with van der Waals surface area (Å²) in [6.07, 6.45) is 4.50. The van der Waals surface area contributed by atoms with Gasteiger partial charge in [0.05, 0.1) is 40.5 Å². The average molecular weight is 433 g/mol. The van der Waals surface area contributed by atoms with E-state index in [2.05, 4.69) is 20.2 Å². The molecule has 1 atom stereocenters. The van der Waals surface area contributed by atoms with Gasteiger partial charge in [0.2, 0.25) is 0 Å². The van der Waals surface area contributed by atoms with Gasteiger partial charge in [-0.05, 0) is 30.3 Å². The number of carbonyl (C=O) groups is 1. The van der Waals surface area contributed by atoms with E-state index < -0.39 is 12.5 Å². The van der Waals surface area contributed by atoms with Crippen molar-refractivity contribution in [2.24, 2.45) is 0 Å². The van der Waals surface area contributed by atoms with E-state index in [-0.39, 0.29) is 11.5 Å². The van der Waals surface area contributed by atoms with Crippen molar-refractivity contribution in [1.29, 1.82) is 0 Å². The van der Waals surface area contributed by atoms with E-state index >= 15 is 0 Å². The molecule has 0 aromatic carbocycles. The molecule has 8 nitrogen and oxygen atoms in total. The number of H-pyrrole nitrogens is 1. The first-order chi connectivity index (χ1) is 15.6. The molecule has 0 bridgehead atoms. The Morgan fingerprint density at radius 2 is 2.00 bits per heavy atom. The quantitative estimate of drug-likeness (QED) is 0.473. The molecule has 0 saturated heterocycles. The van der Waals surface area contributed by atoms with Crippen LogP contribution in [0.1, 0.15) is 45.5 Å². The third kappa shape index (κ3) is 2.72. The third-order valence-corrected chi connectivity index (χ3v) is 5.91. The second-order valence-electron chi connectivity index (χ2n) is 7.67. The number of hydrogen-bond acceptors (Lipinski definition) is 4. The minimum atomic E-state index is -2.63. The van der Waals surface area contributed by atoms with Crippen molar-refractivity contribution in [3.05, 3.63) is 89.5 Å². The highest BCUT2D eigenvalue weighted by Gasteiger charge is 2.37. The van der Waals surface area contributed by atoms with Crippen LogP contribution in [-0.2, 0) is 6.42 Å². The van der Waals surface area contributed by atoms with Gasteiger partial charge in [-0.2, -0.15) is 10.2 Å². The number of alkyl halides is 2. The van der Waals surface area contributed by atoms with Crippen LogP contribution in [0.4, 0.5) is 8.78 Å². The number of pyridine rings is 2. The fourth-order valence-electron chi connectivity index (χ4n) is 4.42. The largest absolute Gasteiger partial charge is 0.348 e. The van der Waals surface area contributed by atoms with Crippen LogP contribution < -0.4 is 0 Å². The van der Waals surface area contributed by atoms with Crippen molar-refractivity contribution in [3.8, 4) is 0 Å². The van der Waals surface area contributed by atoms with Gasteiger partial charge in [-0.25, -0.2) is 22.8 Å². The van der Waals surface area contributed by atoms with Crippen LogP contribution in [-0.4, -0.2) is 46.5 Å². The van der Waals surface area contributed by atoms with E-state index in [0.29, 0.717) is 41.0 Å². The van der Waals surface area contributed by atoms with Crippen molar-refractivity contribution < 1.29 is 13.6 Å². The van der Waals surface area contributed by atoms with E-state index in [0.717, 1.165) is 5.69 Å². The molecule has 1 N–H and O–H groups in total. The van der Waals surface area contributed by atoms with Crippen molar-refractivity contribution in [3.63, 3.8) is 0 Å². The van der Waals surface area contributed by atoms with Crippen LogP contribution in [0.5, 0.6) is 0 Å². The lowest BCUT2D eigenvalue weighted by atomic mass is 9.98. The number of fused-ring (bicyclic) bond motifs is 3. The number of rotatable bonds is 3. The Bertz CT molecular complexity index is 1470. The standard InChI is InChI=1S/C22H17F2N7O/c23-21(24)13-4-3-8-31-18(13)10-16(28-31)20-19-15(25-12-26-19)6-9-29(20)22(32)14-11-27-30-7-2-1-5-17(14)30/h1-5,7-8,10-12,20-21H,6,9H2,(H,25,26)/t20-/m0/s1. The Morgan fingerprint density at radius 3 is 2.88 bits per heavy atom.